The Morgan fingerprint density at radius 3 is 2.38 bits per heavy atom. The summed E-state index contributed by atoms with van der Waals surface area (Å²) >= 11 is 0. The van der Waals surface area contributed by atoms with Crippen LogP contribution in [0.1, 0.15) is 6.92 Å². The molecule has 1 aromatic carbocycles. The van der Waals surface area contributed by atoms with E-state index in [1.165, 1.54) is 0 Å². The molecule has 0 bridgehead atoms. The zero-order chi connectivity index (χ0) is 12.1. The van der Waals surface area contributed by atoms with Gasteiger partial charge in [-0.15, -0.1) is 0 Å². The van der Waals surface area contributed by atoms with E-state index in [-0.39, 0.29) is 6.10 Å². The van der Waals surface area contributed by atoms with Crippen LogP contribution in [-0.2, 0) is 0 Å². The molecule has 1 atom stereocenters. The van der Waals surface area contributed by atoms with E-state index in [9.17, 15) is 5.11 Å². The summed E-state index contributed by atoms with van der Waals surface area (Å²) in [5.41, 5.74) is 0.985. The van der Waals surface area contributed by atoms with E-state index in [2.05, 4.69) is 0 Å². The van der Waals surface area contributed by atoms with E-state index >= 15 is 0 Å². The van der Waals surface area contributed by atoms with Gasteiger partial charge in [0.25, 0.3) is 0 Å². The lowest BCUT2D eigenvalue weighted by atomic mass is 10.2. The summed E-state index contributed by atoms with van der Waals surface area (Å²) in [6.45, 7) is 2.34. The molecule has 16 heavy (non-hydrogen) atoms. The van der Waals surface area contributed by atoms with Crippen LogP contribution in [0.2, 0.25) is 0 Å². The summed E-state index contributed by atoms with van der Waals surface area (Å²) in [6.07, 6.45) is -0.363. The maximum absolute atomic E-state index is 9.31. The van der Waals surface area contributed by atoms with Gasteiger partial charge in [-0.2, -0.15) is 0 Å². The fourth-order valence-corrected chi connectivity index (χ4v) is 1.56. The molecule has 0 aliphatic carbocycles. The second-order valence-corrected chi connectivity index (χ2v) is 3.77. The monoisotopic (exact) mass is 225 g/mol. The second-order valence-electron chi connectivity index (χ2n) is 3.77. The predicted octanol–water partition coefficient (Wildman–Crippen LogP) is 1.52. The van der Waals surface area contributed by atoms with Crippen LogP contribution in [0.25, 0.3) is 0 Å². The van der Waals surface area contributed by atoms with Gasteiger partial charge in [-0.3, -0.25) is 0 Å². The quantitative estimate of drug-likeness (QED) is 0.825. The summed E-state index contributed by atoms with van der Waals surface area (Å²) in [5, 5.41) is 9.31. The smallest absolute Gasteiger partial charge is 0.162 e. The van der Waals surface area contributed by atoms with Crippen molar-refractivity contribution in [2.45, 2.75) is 13.0 Å². The molecule has 0 heterocycles. The summed E-state index contributed by atoms with van der Waals surface area (Å²) in [4.78, 5) is 1.96. The number of nitrogens with zero attached hydrogens (tertiary/aromatic N) is 1. The fraction of sp³-hybridized carbons (Fsp3) is 0.500. The minimum atomic E-state index is -0.363. The molecule has 4 heteroatoms. The van der Waals surface area contributed by atoms with Gasteiger partial charge in [0.05, 0.1) is 20.3 Å². The first-order valence-electron chi connectivity index (χ1n) is 5.19. The Morgan fingerprint density at radius 1 is 1.25 bits per heavy atom. The number of rotatable bonds is 5. The Bertz CT molecular complexity index is 339. The molecule has 0 saturated carbocycles. The number of hydrogen-bond donors (Lipinski definition) is 1. The molecule has 1 N–H and O–H groups in total. The van der Waals surface area contributed by atoms with Gasteiger partial charge in [-0.05, 0) is 19.1 Å². The van der Waals surface area contributed by atoms with E-state index < -0.39 is 0 Å². The lowest BCUT2D eigenvalue weighted by molar-refractivity contribution is 0.201. The zero-order valence-corrected chi connectivity index (χ0v) is 10.2. The maximum Gasteiger partial charge on any atom is 0.162 e. The van der Waals surface area contributed by atoms with E-state index in [1.807, 2.05) is 30.1 Å². The van der Waals surface area contributed by atoms with Gasteiger partial charge in [0.15, 0.2) is 11.5 Å². The molecule has 1 unspecified atom stereocenters. The van der Waals surface area contributed by atoms with E-state index in [0.29, 0.717) is 18.0 Å². The van der Waals surface area contributed by atoms with Crippen molar-refractivity contribution in [3.63, 3.8) is 0 Å². The molecule has 0 spiro atoms. The minimum Gasteiger partial charge on any atom is -0.493 e. The Morgan fingerprint density at radius 2 is 1.88 bits per heavy atom. The van der Waals surface area contributed by atoms with Crippen LogP contribution in [0.5, 0.6) is 11.5 Å². The van der Waals surface area contributed by atoms with Gasteiger partial charge in [0.1, 0.15) is 0 Å². The third-order valence-corrected chi connectivity index (χ3v) is 2.35. The first-order chi connectivity index (χ1) is 7.58. The molecular formula is C12H19NO3. The van der Waals surface area contributed by atoms with Crippen molar-refractivity contribution in [2.24, 2.45) is 0 Å². The first kappa shape index (κ1) is 12.6. The highest BCUT2D eigenvalue weighted by atomic mass is 16.5. The van der Waals surface area contributed by atoms with E-state index in [0.717, 1.165) is 5.69 Å². The molecule has 0 aliphatic heterocycles. The highest BCUT2D eigenvalue weighted by molar-refractivity contribution is 5.56. The number of hydrogen-bond acceptors (Lipinski definition) is 4. The number of aliphatic hydroxyl groups is 1. The van der Waals surface area contributed by atoms with Crippen molar-refractivity contribution in [1.29, 1.82) is 0 Å². The van der Waals surface area contributed by atoms with Gasteiger partial charge in [-0.25, -0.2) is 0 Å². The zero-order valence-electron chi connectivity index (χ0n) is 10.2. The van der Waals surface area contributed by atoms with Gasteiger partial charge in [0, 0.05) is 25.3 Å². The average molecular weight is 225 g/mol. The number of methoxy groups -OCH3 is 2. The molecule has 1 rings (SSSR count). The van der Waals surface area contributed by atoms with E-state index in [1.54, 1.807) is 21.1 Å². The minimum absolute atomic E-state index is 0.363. The van der Waals surface area contributed by atoms with Crippen molar-refractivity contribution in [1.82, 2.24) is 0 Å². The number of likely N-dealkylation sites (N-methyl/N-ethyl adjacent to an activating group) is 1. The largest absolute Gasteiger partial charge is 0.493 e. The molecule has 0 aromatic heterocycles. The Balaban J connectivity index is 2.89. The lowest BCUT2D eigenvalue weighted by Crippen LogP contribution is -2.26. The van der Waals surface area contributed by atoms with Crippen LogP contribution in [0.3, 0.4) is 0 Å². The first-order valence-corrected chi connectivity index (χ1v) is 5.19. The molecule has 1 aromatic rings. The van der Waals surface area contributed by atoms with Crippen LogP contribution in [0.4, 0.5) is 5.69 Å². The normalized spacial score (nSPS) is 12.1. The van der Waals surface area contributed by atoms with Crippen molar-refractivity contribution in [2.75, 3.05) is 32.7 Å². The Labute approximate surface area is 96.4 Å². The van der Waals surface area contributed by atoms with Gasteiger partial charge < -0.3 is 19.5 Å². The van der Waals surface area contributed by atoms with Crippen LogP contribution < -0.4 is 14.4 Å². The number of ether oxygens (including phenoxy) is 2. The topological polar surface area (TPSA) is 41.9 Å². The number of aliphatic hydroxyl groups excluding tert-OH is 1. The summed E-state index contributed by atoms with van der Waals surface area (Å²) < 4.78 is 10.4. The van der Waals surface area contributed by atoms with Gasteiger partial charge >= 0.3 is 0 Å². The third-order valence-electron chi connectivity index (χ3n) is 2.35. The Hall–Kier alpha value is -1.42. The van der Waals surface area contributed by atoms with Crippen LogP contribution in [-0.4, -0.2) is 39.0 Å². The van der Waals surface area contributed by atoms with Crippen LogP contribution in [0, 0.1) is 0 Å². The van der Waals surface area contributed by atoms with Crippen molar-refractivity contribution >= 4 is 5.69 Å². The number of benzene rings is 1. The van der Waals surface area contributed by atoms with Crippen molar-refractivity contribution < 1.29 is 14.6 Å². The Kier molecular flexibility index (Phi) is 4.43. The molecule has 0 radical (unpaired) electrons. The van der Waals surface area contributed by atoms with Crippen molar-refractivity contribution in [3.8, 4) is 11.5 Å². The molecule has 90 valence electrons. The molecular weight excluding hydrogens is 206 g/mol. The maximum atomic E-state index is 9.31. The molecule has 0 amide bonds. The SMILES string of the molecule is COc1ccc(N(C)CC(C)O)cc1OC. The van der Waals surface area contributed by atoms with E-state index in [4.69, 9.17) is 9.47 Å². The number of anilines is 1. The van der Waals surface area contributed by atoms with Crippen LogP contribution >= 0.6 is 0 Å². The molecule has 0 saturated heterocycles. The van der Waals surface area contributed by atoms with Crippen molar-refractivity contribution in [3.05, 3.63) is 18.2 Å². The molecule has 0 aliphatic rings. The molecule has 4 nitrogen and oxygen atoms in total. The molecule has 0 fully saturated rings. The van der Waals surface area contributed by atoms with Gasteiger partial charge in [-0.1, -0.05) is 0 Å². The van der Waals surface area contributed by atoms with Gasteiger partial charge in [0.2, 0.25) is 0 Å². The summed E-state index contributed by atoms with van der Waals surface area (Å²) in [5.74, 6) is 1.40. The second kappa shape index (κ2) is 5.61. The average Bonchev–Trinajstić information content (AvgIpc) is 2.27. The summed E-state index contributed by atoms with van der Waals surface area (Å²) in [6, 6.07) is 5.68. The standard InChI is InChI=1S/C12H19NO3/c1-9(14)8-13(2)10-5-6-11(15-3)12(7-10)16-4/h5-7,9,14H,8H2,1-4H3. The highest BCUT2D eigenvalue weighted by Crippen LogP contribution is 2.30. The lowest BCUT2D eigenvalue weighted by Gasteiger charge is -2.21. The third kappa shape index (κ3) is 3.03. The highest BCUT2D eigenvalue weighted by Gasteiger charge is 2.08. The predicted molar refractivity (Wildman–Crippen MR) is 64.5 cm³/mol. The van der Waals surface area contributed by atoms with Crippen LogP contribution in [0.15, 0.2) is 18.2 Å². The fourth-order valence-electron chi connectivity index (χ4n) is 1.56. The summed E-state index contributed by atoms with van der Waals surface area (Å²) in [7, 11) is 5.14.